The van der Waals surface area contributed by atoms with Crippen molar-refractivity contribution in [2.24, 2.45) is 5.92 Å². The van der Waals surface area contributed by atoms with Crippen LogP contribution >= 0.6 is 0 Å². The van der Waals surface area contributed by atoms with E-state index < -0.39 is 0 Å². The summed E-state index contributed by atoms with van der Waals surface area (Å²) in [5, 5.41) is 7.83. The van der Waals surface area contributed by atoms with Gasteiger partial charge in [-0.1, -0.05) is 12.1 Å². The standard InChI is InChI=1S/C22H29N7/c1-16-17(2)26-22-24-15-25-29(22)21(16)23-13-18-5-7-20(8-6-18)28-11-9-27(10-12-28)14-19-3-4-19/h5-8,15,19,23H,3-4,9-14H2,1-2H3. The van der Waals surface area contributed by atoms with Crippen molar-refractivity contribution in [2.45, 2.75) is 33.2 Å². The van der Waals surface area contributed by atoms with E-state index in [-0.39, 0.29) is 0 Å². The molecule has 1 aliphatic heterocycles. The zero-order valence-corrected chi connectivity index (χ0v) is 17.3. The third-order valence-electron chi connectivity index (χ3n) is 6.25. The van der Waals surface area contributed by atoms with Crippen LogP contribution in [0.2, 0.25) is 0 Å². The van der Waals surface area contributed by atoms with E-state index >= 15 is 0 Å². The lowest BCUT2D eigenvalue weighted by molar-refractivity contribution is 0.248. The summed E-state index contributed by atoms with van der Waals surface area (Å²) in [5.41, 5.74) is 4.66. The van der Waals surface area contributed by atoms with Gasteiger partial charge in [-0.05, 0) is 50.3 Å². The number of rotatable bonds is 6. The summed E-state index contributed by atoms with van der Waals surface area (Å²) in [6, 6.07) is 8.95. The minimum atomic E-state index is 0.631. The highest BCUT2D eigenvalue weighted by molar-refractivity contribution is 5.53. The molecule has 0 radical (unpaired) electrons. The van der Waals surface area contributed by atoms with Crippen molar-refractivity contribution in [3.8, 4) is 0 Å². The molecule has 29 heavy (non-hydrogen) atoms. The molecule has 1 aliphatic carbocycles. The van der Waals surface area contributed by atoms with Crippen molar-refractivity contribution in [2.75, 3.05) is 42.9 Å². The van der Waals surface area contributed by atoms with Crippen LogP contribution in [0.1, 0.15) is 29.7 Å². The van der Waals surface area contributed by atoms with Crippen LogP contribution in [0, 0.1) is 19.8 Å². The summed E-state index contributed by atoms with van der Waals surface area (Å²) < 4.78 is 1.78. The maximum absolute atomic E-state index is 4.48. The molecule has 7 nitrogen and oxygen atoms in total. The fraction of sp³-hybridized carbons (Fsp3) is 0.500. The van der Waals surface area contributed by atoms with Crippen LogP contribution in [0.3, 0.4) is 0 Å². The molecule has 3 heterocycles. The number of hydrogen-bond donors (Lipinski definition) is 1. The van der Waals surface area contributed by atoms with Crippen molar-refractivity contribution in [3.63, 3.8) is 0 Å². The van der Waals surface area contributed by atoms with E-state index in [1.807, 2.05) is 6.92 Å². The largest absolute Gasteiger partial charge is 0.369 e. The van der Waals surface area contributed by atoms with Crippen molar-refractivity contribution >= 4 is 17.3 Å². The molecule has 2 fully saturated rings. The molecule has 0 atom stereocenters. The predicted octanol–water partition coefficient (Wildman–Crippen LogP) is 2.89. The van der Waals surface area contributed by atoms with Crippen LogP contribution < -0.4 is 10.2 Å². The number of anilines is 2. The van der Waals surface area contributed by atoms with E-state index in [0.717, 1.165) is 42.6 Å². The Hall–Kier alpha value is -2.67. The Kier molecular flexibility index (Phi) is 4.83. The Morgan fingerprint density at radius 1 is 1.03 bits per heavy atom. The van der Waals surface area contributed by atoms with Gasteiger partial charge in [-0.2, -0.15) is 14.6 Å². The molecule has 2 aromatic heterocycles. The minimum absolute atomic E-state index is 0.631. The van der Waals surface area contributed by atoms with E-state index in [4.69, 9.17) is 0 Å². The molecular weight excluding hydrogens is 362 g/mol. The monoisotopic (exact) mass is 391 g/mol. The summed E-state index contributed by atoms with van der Waals surface area (Å²) in [5.74, 6) is 2.58. The van der Waals surface area contributed by atoms with Gasteiger partial charge in [0.2, 0.25) is 0 Å². The Labute approximate surface area is 171 Å². The van der Waals surface area contributed by atoms with Crippen LogP contribution in [0.4, 0.5) is 11.5 Å². The molecule has 0 bridgehead atoms. The zero-order valence-electron chi connectivity index (χ0n) is 17.3. The zero-order chi connectivity index (χ0) is 19.8. The van der Waals surface area contributed by atoms with Crippen LogP contribution in [-0.4, -0.2) is 57.2 Å². The first-order valence-electron chi connectivity index (χ1n) is 10.6. The Morgan fingerprint density at radius 2 is 1.79 bits per heavy atom. The minimum Gasteiger partial charge on any atom is -0.369 e. The van der Waals surface area contributed by atoms with E-state index in [0.29, 0.717) is 5.78 Å². The first-order valence-corrected chi connectivity index (χ1v) is 10.6. The van der Waals surface area contributed by atoms with Gasteiger partial charge in [-0.3, -0.25) is 4.90 Å². The molecule has 1 aromatic carbocycles. The number of aromatic nitrogens is 4. The van der Waals surface area contributed by atoms with Gasteiger partial charge in [0.1, 0.15) is 12.1 Å². The third-order valence-corrected chi connectivity index (χ3v) is 6.25. The molecule has 2 aliphatic rings. The molecule has 0 unspecified atom stereocenters. The van der Waals surface area contributed by atoms with Gasteiger partial charge in [-0.25, -0.2) is 4.98 Å². The molecule has 5 rings (SSSR count). The van der Waals surface area contributed by atoms with Gasteiger partial charge in [0.05, 0.1) is 0 Å². The van der Waals surface area contributed by atoms with Gasteiger partial charge in [0, 0.05) is 56.2 Å². The lowest BCUT2D eigenvalue weighted by atomic mass is 10.1. The maximum atomic E-state index is 4.48. The third kappa shape index (κ3) is 3.92. The smallest absolute Gasteiger partial charge is 0.254 e. The van der Waals surface area contributed by atoms with Crippen LogP contribution in [-0.2, 0) is 6.54 Å². The quantitative estimate of drug-likeness (QED) is 0.697. The number of piperazine rings is 1. The number of benzene rings is 1. The van der Waals surface area contributed by atoms with E-state index in [1.54, 1.807) is 10.8 Å². The molecule has 152 valence electrons. The number of fused-ring (bicyclic) bond motifs is 1. The number of nitrogens with zero attached hydrogens (tertiary/aromatic N) is 6. The van der Waals surface area contributed by atoms with Gasteiger partial charge >= 0.3 is 0 Å². The van der Waals surface area contributed by atoms with E-state index in [2.05, 4.69) is 61.4 Å². The molecule has 7 heteroatoms. The SMILES string of the molecule is Cc1nc2ncnn2c(NCc2ccc(N3CCN(CC4CC4)CC3)cc2)c1C. The number of aryl methyl sites for hydroxylation is 1. The number of hydrogen-bond acceptors (Lipinski definition) is 6. The summed E-state index contributed by atoms with van der Waals surface area (Å²) in [6.45, 7) is 10.8. The van der Waals surface area contributed by atoms with Crippen LogP contribution in [0.5, 0.6) is 0 Å². The predicted molar refractivity (Wildman–Crippen MR) is 115 cm³/mol. The highest BCUT2D eigenvalue weighted by Gasteiger charge is 2.26. The average molecular weight is 392 g/mol. The van der Waals surface area contributed by atoms with E-state index in [1.165, 1.54) is 43.7 Å². The second kappa shape index (κ2) is 7.63. The summed E-state index contributed by atoms with van der Waals surface area (Å²) >= 11 is 0. The van der Waals surface area contributed by atoms with Gasteiger partial charge < -0.3 is 10.2 Å². The molecule has 1 N–H and O–H groups in total. The second-order valence-corrected chi connectivity index (χ2v) is 8.39. The summed E-state index contributed by atoms with van der Waals surface area (Å²) in [7, 11) is 0. The molecular formula is C22H29N7. The van der Waals surface area contributed by atoms with Crippen molar-refractivity contribution < 1.29 is 0 Å². The highest BCUT2D eigenvalue weighted by atomic mass is 15.4. The number of nitrogens with one attached hydrogen (secondary N) is 1. The molecule has 0 amide bonds. The van der Waals surface area contributed by atoms with Crippen molar-refractivity contribution in [1.82, 2.24) is 24.5 Å². The van der Waals surface area contributed by atoms with Crippen LogP contribution in [0.15, 0.2) is 30.6 Å². The first kappa shape index (κ1) is 18.4. The highest BCUT2D eigenvalue weighted by Crippen LogP contribution is 2.30. The van der Waals surface area contributed by atoms with Gasteiger partial charge in [0.25, 0.3) is 5.78 Å². The fourth-order valence-corrected chi connectivity index (χ4v) is 4.11. The second-order valence-electron chi connectivity index (χ2n) is 8.39. The molecule has 0 spiro atoms. The lowest BCUT2D eigenvalue weighted by Gasteiger charge is -2.36. The molecule has 1 saturated heterocycles. The van der Waals surface area contributed by atoms with E-state index in [9.17, 15) is 0 Å². The Bertz CT molecular complexity index is 982. The van der Waals surface area contributed by atoms with Crippen molar-refractivity contribution in [1.29, 1.82) is 0 Å². The first-order chi connectivity index (χ1) is 14.2. The van der Waals surface area contributed by atoms with Gasteiger partial charge in [0.15, 0.2) is 0 Å². The molecule has 3 aromatic rings. The topological polar surface area (TPSA) is 61.6 Å². The van der Waals surface area contributed by atoms with Gasteiger partial charge in [-0.15, -0.1) is 0 Å². The molecule has 1 saturated carbocycles. The Balaban J connectivity index is 1.21. The summed E-state index contributed by atoms with van der Waals surface area (Å²) in [6.07, 6.45) is 4.43. The normalized spacial score (nSPS) is 17.8. The average Bonchev–Trinajstić information content (AvgIpc) is 3.44. The maximum Gasteiger partial charge on any atom is 0.254 e. The fourth-order valence-electron chi connectivity index (χ4n) is 4.11. The lowest BCUT2D eigenvalue weighted by Crippen LogP contribution is -2.47. The van der Waals surface area contributed by atoms with Crippen molar-refractivity contribution in [3.05, 3.63) is 47.4 Å². The Morgan fingerprint density at radius 3 is 2.52 bits per heavy atom. The van der Waals surface area contributed by atoms with Crippen LogP contribution in [0.25, 0.3) is 5.78 Å². The summed E-state index contributed by atoms with van der Waals surface area (Å²) in [4.78, 5) is 13.8.